The van der Waals surface area contributed by atoms with E-state index in [1.165, 1.54) is 0 Å². The number of carbonyl (C=O) groups is 6. The summed E-state index contributed by atoms with van der Waals surface area (Å²) >= 11 is 0. The third-order valence-electron chi connectivity index (χ3n) is 7.63. The first-order valence-electron chi connectivity index (χ1n) is 15.6. The summed E-state index contributed by atoms with van der Waals surface area (Å²) < 4.78 is 0. The monoisotopic (exact) mass is 664 g/mol. The minimum Gasteiger partial charge on any atom is -0.351 e. The van der Waals surface area contributed by atoms with Crippen molar-refractivity contribution in [2.75, 3.05) is 0 Å². The zero-order valence-electron chi connectivity index (χ0n) is 27.2. The highest BCUT2D eigenvalue weighted by Crippen LogP contribution is 2.32. The summed E-state index contributed by atoms with van der Waals surface area (Å²) in [5, 5.41) is 9.25. The third kappa shape index (κ3) is 10.1. The van der Waals surface area contributed by atoms with Gasteiger partial charge in [0.15, 0.2) is 5.54 Å². The van der Waals surface area contributed by atoms with Crippen LogP contribution in [0.25, 0.3) is 0 Å². The van der Waals surface area contributed by atoms with Gasteiger partial charge < -0.3 is 16.8 Å². The number of benzene rings is 4. The van der Waals surface area contributed by atoms with Crippen LogP contribution in [0.5, 0.6) is 0 Å². The van der Waals surface area contributed by atoms with E-state index < -0.39 is 23.6 Å². The number of amides is 9. The van der Waals surface area contributed by atoms with Gasteiger partial charge in [-0.15, -0.1) is 0 Å². The summed E-state index contributed by atoms with van der Waals surface area (Å²) in [5.74, 6) is -1.69. The predicted octanol–water partition coefficient (Wildman–Crippen LogP) is 4.52. The molecule has 254 valence electrons. The Labute approximate surface area is 284 Å². The van der Waals surface area contributed by atoms with E-state index in [0.717, 1.165) is 22.3 Å². The van der Waals surface area contributed by atoms with Gasteiger partial charge in [-0.2, -0.15) is 0 Å². The molecule has 0 saturated carbocycles. The number of rotatable bonds is 8. The van der Waals surface area contributed by atoms with Crippen molar-refractivity contribution in [2.45, 2.75) is 44.1 Å². The average Bonchev–Trinajstić information content (AvgIpc) is 3.41. The van der Waals surface area contributed by atoms with Gasteiger partial charge in [-0.25, -0.2) is 14.4 Å². The van der Waals surface area contributed by atoms with Gasteiger partial charge in [0.25, 0.3) is 5.91 Å². The van der Waals surface area contributed by atoms with Crippen molar-refractivity contribution in [3.05, 3.63) is 144 Å². The van der Waals surface area contributed by atoms with Gasteiger partial charge in [-0.1, -0.05) is 135 Å². The van der Waals surface area contributed by atoms with Gasteiger partial charge in [0, 0.05) is 0 Å². The van der Waals surface area contributed by atoms with Crippen LogP contribution >= 0.6 is 0 Å². The van der Waals surface area contributed by atoms with Gasteiger partial charge in [0.1, 0.15) is 0 Å². The molecule has 49 heavy (non-hydrogen) atoms. The second kappa shape index (κ2) is 18.1. The van der Waals surface area contributed by atoms with Crippen molar-refractivity contribution in [3.8, 4) is 0 Å². The van der Waals surface area contributed by atoms with Gasteiger partial charge in [-0.05, 0) is 35.1 Å². The van der Waals surface area contributed by atoms with Crippen LogP contribution in [0.1, 0.15) is 60.8 Å². The Bertz CT molecular complexity index is 1610. The van der Waals surface area contributed by atoms with Crippen LogP contribution in [0.15, 0.2) is 121 Å². The van der Waals surface area contributed by atoms with Crippen molar-refractivity contribution in [1.29, 1.82) is 0 Å². The van der Waals surface area contributed by atoms with Crippen LogP contribution in [-0.2, 0) is 19.9 Å². The molecule has 0 radical (unpaired) electrons. The minimum absolute atomic E-state index is 0.321. The highest BCUT2D eigenvalue weighted by Gasteiger charge is 2.49. The van der Waals surface area contributed by atoms with Crippen LogP contribution in [0.4, 0.5) is 14.4 Å². The zero-order valence-corrected chi connectivity index (χ0v) is 27.2. The Morgan fingerprint density at radius 3 is 1.18 bits per heavy atom. The molecule has 8 N–H and O–H groups in total. The molecule has 1 aliphatic heterocycles. The summed E-state index contributed by atoms with van der Waals surface area (Å²) in [7, 11) is 0. The molecule has 1 saturated heterocycles. The lowest BCUT2D eigenvalue weighted by Crippen LogP contribution is -2.44. The normalized spacial score (nSPS) is 13.8. The van der Waals surface area contributed by atoms with E-state index in [4.69, 9.17) is 11.5 Å². The molecule has 1 fully saturated rings. The molecule has 2 atom stereocenters. The SMILES string of the molecule is CCC(C(=O)NC(N)=O)c1ccccc1.CCC(C(=O)NC(N)=O)c1ccccc1.O=C1NC(=O)C(c2ccccc2)(c2ccccc2)N1. The maximum Gasteiger partial charge on any atom is 0.322 e. The lowest BCUT2D eigenvalue weighted by molar-refractivity contribution is -0.123. The van der Waals surface area contributed by atoms with Crippen LogP contribution in [0, 0.1) is 0 Å². The number of hydrogen-bond acceptors (Lipinski definition) is 6. The molecule has 1 aliphatic rings. The molecule has 0 aliphatic carbocycles. The van der Waals surface area contributed by atoms with Crippen molar-refractivity contribution in [2.24, 2.45) is 11.5 Å². The number of carbonyl (C=O) groups excluding carboxylic acids is 6. The van der Waals surface area contributed by atoms with E-state index in [0.29, 0.717) is 12.8 Å². The molecule has 5 rings (SSSR count). The maximum atomic E-state index is 12.3. The van der Waals surface area contributed by atoms with Crippen LogP contribution in [0.2, 0.25) is 0 Å². The highest BCUT2D eigenvalue weighted by molar-refractivity contribution is 6.09. The van der Waals surface area contributed by atoms with Gasteiger partial charge >= 0.3 is 18.1 Å². The number of hydrogen-bond donors (Lipinski definition) is 6. The Hall–Kier alpha value is -6.30. The summed E-state index contributed by atoms with van der Waals surface area (Å²) in [4.78, 5) is 68.1. The Morgan fingerprint density at radius 2 is 0.918 bits per heavy atom. The Kier molecular flexibility index (Phi) is 13.8. The van der Waals surface area contributed by atoms with Gasteiger partial charge in [0.2, 0.25) is 11.8 Å². The molecular formula is C37H40N6O6. The summed E-state index contributed by atoms with van der Waals surface area (Å²) in [6.07, 6.45) is 1.26. The van der Waals surface area contributed by atoms with Crippen molar-refractivity contribution < 1.29 is 28.8 Å². The van der Waals surface area contributed by atoms with Crippen LogP contribution in [0.3, 0.4) is 0 Å². The minimum atomic E-state index is -1.14. The van der Waals surface area contributed by atoms with Crippen LogP contribution < -0.4 is 32.7 Å². The number of imide groups is 3. The van der Waals surface area contributed by atoms with E-state index in [1.54, 1.807) is 0 Å². The van der Waals surface area contributed by atoms with Crippen molar-refractivity contribution in [3.63, 3.8) is 0 Å². The molecule has 4 aromatic carbocycles. The topological polar surface area (TPSA) is 203 Å². The molecule has 2 unspecified atom stereocenters. The standard InChI is InChI=1S/C15H12N2O2.2C11H14N2O2/c18-13-15(17-14(19)16-13,11-7-3-1-4-8-11)12-9-5-2-6-10-12;2*1-2-9(10(14)13-11(12)15)8-6-4-3-5-7-8/h1-10H,(H2,16,17,18,19);2*3-7,9H,2H2,1H3,(H3,12,13,14,15). The Balaban J connectivity index is 0.000000202. The molecule has 12 nitrogen and oxygen atoms in total. The zero-order chi connectivity index (χ0) is 35.8. The summed E-state index contributed by atoms with van der Waals surface area (Å²) in [5.41, 5.74) is 11.9. The van der Waals surface area contributed by atoms with Gasteiger partial charge in [-0.3, -0.25) is 30.3 Å². The van der Waals surface area contributed by atoms with E-state index in [-0.39, 0.29) is 29.6 Å². The number of nitrogens with two attached hydrogens (primary N) is 2. The predicted molar refractivity (Wildman–Crippen MR) is 185 cm³/mol. The lowest BCUT2D eigenvalue weighted by atomic mass is 9.83. The van der Waals surface area contributed by atoms with E-state index in [9.17, 15) is 28.8 Å². The third-order valence-corrected chi connectivity index (χ3v) is 7.63. The lowest BCUT2D eigenvalue weighted by Gasteiger charge is -2.27. The summed E-state index contributed by atoms with van der Waals surface area (Å²) in [6.45, 7) is 3.77. The quantitative estimate of drug-likeness (QED) is 0.149. The molecule has 0 spiro atoms. The first kappa shape index (κ1) is 37.2. The number of primary amides is 2. The maximum absolute atomic E-state index is 12.3. The fourth-order valence-electron chi connectivity index (χ4n) is 5.34. The second-order valence-electron chi connectivity index (χ2n) is 10.8. The largest absolute Gasteiger partial charge is 0.351 e. The molecule has 9 amide bonds. The first-order valence-corrected chi connectivity index (χ1v) is 15.6. The molecule has 4 aromatic rings. The van der Waals surface area contributed by atoms with Crippen molar-refractivity contribution in [1.82, 2.24) is 21.3 Å². The fourth-order valence-corrected chi connectivity index (χ4v) is 5.34. The number of nitrogens with one attached hydrogen (secondary N) is 4. The highest BCUT2D eigenvalue weighted by atomic mass is 16.2. The van der Waals surface area contributed by atoms with Gasteiger partial charge in [0.05, 0.1) is 11.8 Å². The molecule has 12 heteroatoms. The van der Waals surface area contributed by atoms with Crippen LogP contribution in [-0.4, -0.2) is 35.8 Å². The number of urea groups is 3. The van der Waals surface area contributed by atoms with E-state index in [2.05, 4.69) is 21.3 Å². The van der Waals surface area contributed by atoms with E-state index in [1.807, 2.05) is 135 Å². The first-order chi connectivity index (χ1) is 23.5. The van der Waals surface area contributed by atoms with Crippen molar-refractivity contribution >= 4 is 35.8 Å². The fraction of sp³-hybridized carbons (Fsp3) is 0.189. The molecule has 1 heterocycles. The molecule has 0 bridgehead atoms. The summed E-state index contributed by atoms with van der Waals surface area (Å²) in [6, 6.07) is 35.0. The second-order valence-corrected chi connectivity index (χ2v) is 10.8. The van der Waals surface area contributed by atoms with E-state index >= 15 is 0 Å². The Morgan fingerprint density at radius 1 is 0.592 bits per heavy atom. The average molecular weight is 665 g/mol. The molecule has 0 aromatic heterocycles. The molecular weight excluding hydrogens is 624 g/mol. The smallest absolute Gasteiger partial charge is 0.322 e.